The molecule has 0 unspecified atom stereocenters. The van der Waals surface area contributed by atoms with E-state index in [-0.39, 0.29) is 5.91 Å². The number of aromatic nitrogens is 2. The summed E-state index contributed by atoms with van der Waals surface area (Å²) in [6.07, 6.45) is 3.22. The van der Waals surface area contributed by atoms with E-state index >= 15 is 0 Å². The van der Waals surface area contributed by atoms with Crippen LogP contribution in [-0.4, -0.2) is 52.9 Å². The number of para-hydroxylation sites is 1. The van der Waals surface area contributed by atoms with Crippen molar-refractivity contribution >= 4 is 32.9 Å². The Labute approximate surface area is 126 Å². The van der Waals surface area contributed by atoms with Gasteiger partial charge in [-0.05, 0) is 12.1 Å². The molecular formula is C14H16BrN3O2. The van der Waals surface area contributed by atoms with Gasteiger partial charge < -0.3 is 9.64 Å². The lowest BCUT2D eigenvalue weighted by molar-refractivity contribution is 0.0710. The van der Waals surface area contributed by atoms with Gasteiger partial charge in [-0.2, -0.15) is 0 Å². The summed E-state index contributed by atoms with van der Waals surface area (Å²) >= 11 is 3.37. The molecule has 0 fully saturated rings. The molecule has 1 heterocycles. The first kappa shape index (κ1) is 14.9. The van der Waals surface area contributed by atoms with Crippen LogP contribution in [0.1, 0.15) is 10.4 Å². The average Bonchev–Trinajstić information content (AvgIpc) is 2.50. The third-order valence-corrected chi connectivity index (χ3v) is 3.29. The Hall–Kier alpha value is -1.53. The summed E-state index contributed by atoms with van der Waals surface area (Å²) in [4.78, 5) is 22.9. The summed E-state index contributed by atoms with van der Waals surface area (Å²) in [6.45, 7) is 1.69. The topological polar surface area (TPSA) is 55.3 Å². The fourth-order valence-corrected chi connectivity index (χ4v) is 2.38. The Morgan fingerprint density at radius 3 is 2.85 bits per heavy atom. The predicted octanol–water partition coefficient (Wildman–Crippen LogP) is 2.11. The molecule has 0 aliphatic carbocycles. The van der Waals surface area contributed by atoms with E-state index in [0.717, 1.165) is 10.8 Å². The van der Waals surface area contributed by atoms with Crippen molar-refractivity contribution < 1.29 is 9.53 Å². The lowest BCUT2D eigenvalue weighted by Crippen LogP contribution is -2.35. The third-order valence-electron chi connectivity index (χ3n) is 2.94. The molecule has 20 heavy (non-hydrogen) atoms. The smallest absolute Gasteiger partial charge is 0.256 e. The highest BCUT2D eigenvalue weighted by Gasteiger charge is 2.18. The van der Waals surface area contributed by atoms with Gasteiger partial charge in [0.25, 0.3) is 5.91 Å². The maximum atomic E-state index is 12.6. The minimum absolute atomic E-state index is 0.0485. The standard InChI is InChI=1S/C14H16BrN3O2/c1-20-10-9-18(8-5-15)14(19)11-3-2-4-12-13(11)17-7-6-16-12/h2-4,6-7H,5,8-10H2,1H3. The number of methoxy groups -OCH3 is 1. The van der Waals surface area contributed by atoms with Crippen LogP contribution in [0.3, 0.4) is 0 Å². The predicted molar refractivity (Wildman–Crippen MR) is 81.1 cm³/mol. The Balaban J connectivity index is 2.33. The molecule has 1 aromatic carbocycles. The summed E-state index contributed by atoms with van der Waals surface area (Å²) in [5, 5.41) is 0.721. The lowest BCUT2D eigenvalue weighted by Gasteiger charge is -2.21. The Morgan fingerprint density at radius 2 is 2.10 bits per heavy atom. The molecule has 1 amide bonds. The summed E-state index contributed by atoms with van der Waals surface area (Å²) < 4.78 is 5.06. The van der Waals surface area contributed by atoms with Crippen LogP contribution in [0.4, 0.5) is 0 Å². The first-order chi connectivity index (χ1) is 9.77. The van der Waals surface area contributed by atoms with Gasteiger partial charge in [0.1, 0.15) is 5.52 Å². The van der Waals surface area contributed by atoms with Gasteiger partial charge in [0.15, 0.2) is 0 Å². The van der Waals surface area contributed by atoms with Crippen LogP contribution in [0, 0.1) is 0 Å². The summed E-state index contributed by atoms with van der Waals surface area (Å²) in [6, 6.07) is 5.46. The Kier molecular flexibility index (Phi) is 5.43. The first-order valence-corrected chi connectivity index (χ1v) is 7.44. The van der Waals surface area contributed by atoms with E-state index in [1.807, 2.05) is 12.1 Å². The second-order valence-electron chi connectivity index (χ2n) is 4.20. The fraction of sp³-hybridized carbons (Fsp3) is 0.357. The van der Waals surface area contributed by atoms with Gasteiger partial charge in [-0.15, -0.1) is 0 Å². The minimum Gasteiger partial charge on any atom is -0.383 e. The monoisotopic (exact) mass is 337 g/mol. The molecule has 0 aliphatic rings. The molecule has 0 aliphatic heterocycles. The molecule has 0 N–H and O–H groups in total. The molecule has 106 valence electrons. The van der Waals surface area contributed by atoms with Gasteiger partial charge in [0.05, 0.1) is 17.7 Å². The number of nitrogens with zero attached hydrogens (tertiary/aromatic N) is 3. The molecule has 5 nitrogen and oxygen atoms in total. The van der Waals surface area contributed by atoms with Crippen molar-refractivity contribution in [3.8, 4) is 0 Å². The van der Waals surface area contributed by atoms with Crippen molar-refractivity contribution in [1.82, 2.24) is 14.9 Å². The van der Waals surface area contributed by atoms with Crippen molar-refractivity contribution in [3.63, 3.8) is 0 Å². The van der Waals surface area contributed by atoms with E-state index < -0.39 is 0 Å². The molecular weight excluding hydrogens is 322 g/mol. The number of rotatable bonds is 6. The number of hydrogen-bond donors (Lipinski definition) is 0. The lowest BCUT2D eigenvalue weighted by atomic mass is 10.1. The van der Waals surface area contributed by atoms with Crippen LogP contribution < -0.4 is 0 Å². The number of hydrogen-bond acceptors (Lipinski definition) is 4. The zero-order chi connectivity index (χ0) is 14.4. The van der Waals surface area contributed by atoms with E-state index in [0.29, 0.717) is 30.8 Å². The van der Waals surface area contributed by atoms with E-state index in [4.69, 9.17) is 4.74 Å². The van der Waals surface area contributed by atoms with E-state index in [1.165, 1.54) is 0 Å². The summed E-state index contributed by atoms with van der Waals surface area (Å²) in [5.41, 5.74) is 1.94. The number of fused-ring (bicyclic) bond motifs is 1. The molecule has 6 heteroatoms. The van der Waals surface area contributed by atoms with E-state index in [9.17, 15) is 4.79 Å². The second kappa shape index (κ2) is 7.31. The highest BCUT2D eigenvalue weighted by Crippen LogP contribution is 2.16. The maximum absolute atomic E-state index is 12.6. The van der Waals surface area contributed by atoms with Crippen molar-refractivity contribution in [2.75, 3.05) is 32.1 Å². The number of carbonyl (C=O) groups is 1. The number of carbonyl (C=O) groups excluding carboxylic acids is 1. The van der Waals surface area contributed by atoms with Crippen LogP contribution in [0.15, 0.2) is 30.6 Å². The van der Waals surface area contributed by atoms with Gasteiger partial charge in [0, 0.05) is 37.9 Å². The Bertz CT molecular complexity index is 586. The molecule has 1 aromatic heterocycles. The quantitative estimate of drug-likeness (QED) is 0.757. The highest BCUT2D eigenvalue weighted by atomic mass is 79.9. The third kappa shape index (κ3) is 3.32. The Morgan fingerprint density at radius 1 is 1.30 bits per heavy atom. The SMILES string of the molecule is COCCN(CCBr)C(=O)c1cccc2nccnc12. The van der Waals surface area contributed by atoms with Crippen LogP contribution in [0.5, 0.6) is 0 Å². The first-order valence-electron chi connectivity index (χ1n) is 6.32. The van der Waals surface area contributed by atoms with Gasteiger partial charge in [-0.25, -0.2) is 0 Å². The molecule has 0 spiro atoms. The average molecular weight is 338 g/mol. The van der Waals surface area contributed by atoms with Crippen molar-refractivity contribution in [2.45, 2.75) is 0 Å². The van der Waals surface area contributed by atoms with Gasteiger partial charge in [-0.1, -0.05) is 22.0 Å². The largest absolute Gasteiger partial charge is 0.383 e. The zero-order valence-corrected chi connectivity index (χ0v) is 12.8. The molecule has 2 aromatic rings. The number of alkyl halides is 1. The number of ether oxygens (including phenoxy) is 1. The molecule has 0 saturated carbocycles. The van der Waals surface area contributed by atoms with Crippen LogP contribution in [-0.2, 0) is 4.74 Å². The molecule has 2 rings (SSSR count). The number of amides is 1. The zero-order valence-electron chi connectivity index (χ0n) is 11.3. The molecule has 0 saturated heterocycles. The van der Waals surface area contributed by atoms with Crippen molar-refractivity contribution in [2.24, 2.45) is 0 Å². The number of benzene rings is 1. The van der Waals surface area contributed by atoms with Crippen molar-refractivity contribution in [1.29, 1.82) is 0 Å². The molecule has 0 atom stereocenters. The van der Waals surface area contributed by atoms with E-state index in [1.54, 1.807) is 30.5 Å². The second-order valence-corrected chi connectivity index (χ2v) is 5.00. The van der Waals surface area contributed by atoms with Gasteiger partial charge in [0.2, 0.25) is 0 Å². The van der Waals surface area contributed by atoms with E-state index in [2.05, 4.69) is 25.9 Å². The maximum Gasteiger partial charge on any atom is 0.256 e. The normalized spacial score (nSPS) is 10.7. The molecule has 0 bridgehead atoms. The fourth-order valence-electron chi connectivity index (χ4n) is 1.95. The van der Waals surface area contributed by atoms with Crippen molar-refractivity contribution in [3.05, 3.63) is 36.2 Å². The van der Waals surface area contributed by atoms with Crippen LogP contribution in [0.25, 0.3) is 11.0 Å². The summed E-state index contributed by atoms with van der Waals surface area (Å²) in [7, 11) is 1.63. The molecule has 0 radical (unpaired) electrons. The van der Waals surface area contributed by atoms with Gasteiger partial charge in [-0.3, -0.25) is 14.8 Å². The highest BCUT2D eigenvalue weighted by molar-refractivity contribution is 9.09. The van der Waals surface area contributed by atoms with Crippen LogP contribution in [0.2, 0.25) is 0 Å². The minimum atomic E-state index is -0.0485. The summed E-state index contributed by atoms with van der Waals surface area (Å²) in [5.74, 6) is -0.0485. The van der Waals surface area contributed by atoms with Gasteiger partial charge >= 0.3 is 0 Å². The number of halogens is 1. The van der Waals surface area contributed by atoms with Crippen LogP contribution >= 0.6 is 15.9 Å².